The van der Waals surface area contributed by atoms with Gasteiger partial charge in [0.05, 0.1) is 25.1 Å². The number of amides is 1. The van der Waals surface area contributed by atoms with E-state index in [9.17, 15) is 9.90 Å². The third-order valence-electron chi connectivity index (χ3n) is 5.94. The second-order valence-electron chi connectivity index (χ2n) is 7.79. The molecule has 2 heterocycles. The normalized spacial score (nSPS) is 24.8. The van der Waals surface area contributed by atoms with E-state index in [1.54, 1.807) is 0 Å². The van der Waals surface area contributed by atoms with E-state index in [1.807, 2.05) is 53.4 Å². The molecular weight excluding hydrogens is 358 g/mol. The molecule has 0 radical (unpaired) electrons. The molecule has 3 aliphatic rings. The number of hydrogen-bond acceptors (Lipinski definition) is 5. The molecule has 6 nitrogen and oxygen atoms in total. The van der Waals surface area contributed by atoms with Gasteiger partial charge in [-0.3, -0.25) is 4.79 Å². The molecule has 146 valence electrons. The van der Waals surface area contributed by atoms with Crippen LogP contribution in [0.4, 0.5) is 0 Å². The van der Waals surface area contributed by atoms with Gasteiger partial charge in [-0.1, -0.05) is 36.4 Å². The van der Waals surface area contributed by atoms with Crippen LogP contribution in [0.25, 0.3) is 0 Å². The van der Waals surface area contributed by atoms with E-state index < -0.39 is 5.41 Å². The average Bonchev–Trinajstić information content (AvgIpc) is 3.42. The van der Waals surface area contributed by atoms with Crippen molar-refractivity contribution in [2.75, 3.05) is 26.5 Å². The van der Waals surface area contributed by atoms with Gasteiger partial charge in [0, 0.05) is 0 Å². The lowest BCUT2D eigenvalue weighted by molar-refractivity contribution is -0.153. The first-order valence-electron chi connectivity index (χ1n) is 9.69. The summed E-state index contributed by atoms with van der Waals surface area (Å²) < 4.78 is 17.3. The zero-order valence-electron chi connectivity index (χ0n) is 15.5. The Morgan fingerprint density at radius 1 is 1.00 bits per heavy atom. The molecule has 0 bridgehead atoms. The van der Waals surface area contributed by atoms with Crippen molar-refractivity contribution >= 4 is 5.91 Å². The van der Waals surface area contributed by atoms with E-state index in [1.165, 1.54) is 0 Å². The van der Waals surface area contributed by atoms with Crippen LogP contribution in [0, 0.1) is 5.41 Å². The maximum absolute atomic E-state index is 13.1. The fraction of sp³-hybridized carbons (Fsp3) is 0.409. The van der Waals surface area contributed by atoms with Gasteiger partial charge < -0.3 is 24.2 Å². The fourth-order valence-corrected chi connectivity index (χ4v) is 4.00. The Labute approximate surface area is 163 Å². The van der Waals surface area contributed by atoms with Gasteiger partial charge in [-0.25, -0.2) is 0 Å². The van der Waals surface area contributed by atoms with Crippen molar-refractivity contribution in [1.82, 2.24) is 4.90 Å². The topological polar surface area (TPSA) is 68.2 Å². The monoisotopic (exact) mass is 381 g/mol. The molecular formula is C22H23NO5. The van der Waals surface area contributed by atoms with Crippen LogP contribution in [0.15, 0.2) is 48.5 Å². The van der Waals surface area contributed by atoms with Gasteiger partial charge in [0.15, 0.2) is 11.5 Å². The molecule has 0 unspecified atom stereocenters. The molecule has 1 amide bonds. The first-order chi connectivity index (χ1) is 13.7. The van der Waals surface area contributed by atoms with Crippen molar-refractivity contribution in [1.29, 1.82) is 0 Å². The SMILES string of the molecule is O=C(N1C[C@@H](c2ccccc2)O[C@@H](c2ccc3c(c2)OCO3)C1)C1(CO)CC1. The molecule has 28 heavy (non-hydrogen) atoms. The van der Waals surface area contributed by atoms with Crippen LogP contribution in [0.2, 0.25) is 0 Å². The molecule has 2 atom stereocenters. The predicted molar refractivity (Wildman–Crippen MR) is 101 cm³/mol. The lowest BCUT2D eigenvalue weighted by atomic mass is 9.99. The quantitative estimate of drug-likeness (QED) is 0.882. The highest BCUT2D eigenvalue weighted by Gasteiger charge is 2.52. The second kappa shape index (κ2) is 6.79. The molecule has 2 aromatic rings. The highest BCUT2D eigenvalue weighted by Crippen LogP contribution is 2.48. The number of benzene rings is 2. The zero-order valence-corrected chi connectivity index (χ0v) is 15.5. The van der Waals surface area contributed by atoms with E-state index in [2.05, 4.69) is 0 Å². The van der Waals surface area contributed by atoms with Gasteiger partial charge in [0.1, 0.15) is 12.2 Å². The number of fused-ring (bicyclic) bond motifs is 1. The van der Waals surface area contributed by atoms with Crippen molar-refractivity contribution in [3.8, 4) is 11.5 Å². The van der Waals surface area contributed by atoms with Crippen LogP contribution >= 0.6 is 0 Å². The van der Waals surface area contributed by atoms with Gasteiger partial charge in [0.25, 0.3) is 0 Å². The highest BCUT2D eigenvalue weighted by molar-refractivity contribution is 5.85. The number of carbonyl (C=O) groups excluding carboxylic acids is 1. The minimum atomic E-state index is -0.585. The summed E-state index contributed by atoms with van der Waals surface area (Å²) in [5, 5.41) is 9.72. The van der Waals surface area contributed by atoms with E-state index in [0.717, 1.165) is 29.7 Å². The number of rotatable bonds is 4. The highest BCUT2D eigenvalue weighted by atomic mass is 16.7. The van der Waals surface area contributed by atoms with Gasteiger partial charge >= 0.3 is 0 Å². The van der Waals surface area contributed by atoms with Gasteiger partial charge in [-0.2, -0.15) is 0 Å². The number of ether oxygens (including phenoxy) is 3. The summed E-state index contributed by atoms with van der Waals surface area (Å²) in [5.74, 6) is 1.46. The smallest absolute Gasteiger partial charge is 0.231 e. The van der Waals surface area contributed by atoms with Crippen LogP contribution in [-0.4, -0.2) is 42.4 Å². The largest absolute Gasteiger partial charge is 0.454 e. The Balaban J connectivity index is 1.45. The standard InChI is InChI=1S/C22H23NO5/c24-13-22(8-9-22)21(25)23-11-19(15-4-2-1-3-5-15)28-20(12-23)16-6-7-17-18(10-16)27-14-26-17/h1-7,10,19-20,24H,8-9,11-14H2/t19-,20+/m0/s1. The lowest BCUT2D eigenvalue weighted by Crippen LogP contribution is -2.47. The first-order valence-corrected chi connectivity index (χ1v) is 9.69. The summed E-state index contributed by atoms with van der Waals surface area (Å²) in [5.41, 5.74) is 1.41. The van der Waals surface area contributed by atoms with Crippen molar-refractivity contribution in [3.63, 3.8) is 0 Å². The van der Waals surface area contributed by atoms with E-state index in [-0.39, 0.29) is 31.5 Å². The number of nitrogens with zero attached hydrogens (tertiary/aromatic N) is 1. The van der Waals surface area contributed by atoms with E-state index >= 15 is 0 Å². The van der Waals surface area contributed by atoms with Crippen molar-refractivity contribution in [2.45, 2.75) is 25.0 Å². The Bertz CT molecular complexity index is 880. The Hall–Kier alpha value is -2.57. The van der Waals surface area contributed by atoms with Crippen molar-refractivity contribution < 1.29 is 24.1 Å². The van der Waals surface area contributed by atoms with Crippen molar-refractivity contribution in [2.24, 2.45) is 5.41 Å². The maximum atomic E-state index is 13.1. The Kier molecular flexibility index (Phi) is 4.25. The van der Waals surface area contributed by atoms with Crippen LogP contribution < -0.4 is 9.47 Å². The molecule has 1 N–H and O–H groups in total. The van der Waals surface area contributed by atoms with Gasteiger partial charge in [-0.15, -0.1) is 0 Å². The third kappa shape index (κ3) is 3.02. The van der Waals surface area contributed by atoms with Crippen LogP contribution in [-0.2, 0) is 9.53 Å². The molecule has 2 aliphatic heterocycles. The summed E-state index contributed by atoms with van der Waals surface area (Å²) in [6.45, 7) is 1.09. The van der Waals surface area contributed by atoms with Gasteiger partial charge in [0.2, 0.25) is 12.7 Å². The molecule has 2 fully saturated rings. The van der Waals surface area contributed by atoms with E-state index in [0.29, 0.717) is 18.8 Å². The second-order valence-corrected chi connectivity index (χ2v) is 7.79. The zero-order chi connectivity index (χ0) is 19.1. The molecule has 0 spiro atoms. The molecule has 2 aromatic carbocycles. The van der Waals surface area contributed by atoms with Crippen molar-refractivity contribution in [3.05, 3.63) is 59.7 Å². The van der Waals surface area contributed by atoms with E-state index in [4.69, 9.17) is 14.2 Å². The van der Waals surface area contributed by atoms with Crippen LogP contribution in [0.1, 0.15) is 36.2 Å². The van der Waals surface area contributed by atoms with Crippen LogP contribution in [0.5, 0.6) is 11.5 Å². The minimum absolute atomic E-state index is 0.0324. The average molecular weight is 381 g/mol. The third-order valence-corrected chi connectivity index (χ3v) is 5.94. The van der Waals surface area contributed by atoms with Gasteiger partial charge in [-0.05, 0) is 36.1 Å². The number of carbonyl (C=O) groups is 1. The fourth-order valence-electron chi connectivity index (χ4n) is 4.00. The number of hydrogen-bond donors (Lipinski definition) is 1. The molecule has 1 saturated carbocycles. The summed E-state index contributed by atoms with van der Waals surface area (Å²) in [4.78, 5) is 15.0. The Morgan fingerprint density at radius 2 is 1.71 bits per heavy atom. The maximum Gasteiger partial charge on any atom is 0.231 e. The lowest BCUT2D eigenvalue weighted by Gasteiger charge is -2.40. The summed E-state index contributed by atoms with van der Waals surface area (Å²) >= 11 is 0. The van der Waals surface area contributed by atoms with Crippen LogP contribution in [0.3, 0.4) is 0 Å². The number of morpholine rings is 1. The molecule has 1 aliphatic carbocycles. The molecule has 6 heteroatoms. The molecule has 1 saturated heterocycles. The first kappa shape index (κ1) is 17.5. The summed E-state index contributed by atoms with van der Waals surface area (Å²) in [7, 11) is 0. The molecule has 5 rings (SSSR count). The predicted octanol–water partition coefficient (Wildman–Crippen LogP) is 2.83. The molecule has 0 aromatic heterocycles. The summed E-state index contributed by atoms with van der Waals surface area (Å²) in [6.07, 6.45) is 1.02. The Morgan fingerprint density at radius 3 is 2.43 bits per heavy atom. The number of aliphatic hydroxyl groups is 1. The summed E-state index contributed by atoms with van der Waals surface area (Å²) in [6, 6.07) is 15.7. The number of aliphatic hydroxyl groups excluding tert-OH is 1. The minimum Gasteiger partial charge on any atom is -0.454 e.